The van der Waals surface area contributed by atoms with Crippen molar-refractivity contribution in [2.75, 3.05) is 0 Å². The van der Waals surface area contributed by atoms with Crippen LogP contribution >= 0.6 is 0 Å². The van der Waals surface area contributed by atoms with Crippen molar-refractivity contribution in [3.8, 4) is 0 Å². The van der Waals surface area contributed by atoms with Gasteiger partial charge in [-0.2, -0.15) is 0 Å². The number of rotatable bonds is 0. The van der Waals surface area contributed by atoms with Crippen LogP contribution in [0, 0.1) is 17.3 Å². The maximum atomic E-state index is 9.66. The molecule has 1 heteroatoms. The third-order valence-electron chi connectivity index (χ3n) is 4.45. The summed E-state index contributed by atoms with van der Waals surface area (Å²) in [6.07, 6.45) is 8.22. The van der Waals surface area contributed by atoms with E-state index in [1.165, 1.54) is 32.1 Å². The zero-order valence-electron chi connectivity index (χ0n) is 6.92. The quantitative estimate of drug-likeness (QED) is 0.562. The van der Waals surface area contributed by atoms with E-state index in [0.29, 0.717) is 5.41 Å². The maximum Gasteiger partial charge on any atom is 0.0576 e. The molecule has 3 fully saturated rings. The fraction of sp³-hybridized carbons (Fsp3) is 1.00. The monoisotopic (exact) mass is 152 g/mol. The molecule has 0 amide bonds. The van der Waals surface area contributed by atoms with Crippen LogP contribution in [-0.2, 0) is 0 Å². The van der Waals surface area contributed by atoms with Crippen molar-refractivity contribution in [3.63, 3.8) is 0 Å². The Labute approximate surface area is 67.8 Å². The van der Waals surface area contributed by atoms with Gasteiger partial charge in [-0.3, -0.25) is 0 Å². The van der Waals surface area contributed by atoms with Gasteiger partial charge in [-0.05, 0) is 42.9 Å². The lowest BCUT2D eigenvalue weighted by Crippen LogP contribution is -2.13. The van der Waals surface area contributed by atoms with Crippen LogP contribution in [0.2, 0.25) is 0 Å². The highest BCUT2D eigenvalue weighted by Crippen LogP contribution is 2.73. The van der Waals surface area contributed by atoms with Gasteiger partial charge in [0.05, 0.1) is 6.10 Å². The first-order valence-electron chi connectivity index (χ1n) is 5.03. The second-order valence-electron chi connectivity index (χ2n) is 4.72. The first-order chi connectivity index (χ1) is 5.34. The molecule has 0 aromatic heterocycles. The molecule has 1 N–H and O–H groups in total. The van der Waals surface area contributed by atoms with Gasteiger partial charge in [-0.1, -0.05) is 12.8 Å². The van der Waals surface area contributed by atoms with Crippen molar-refractivity contribution in [3.05, 3.63) is 0 Å². The van der Waals surface area contributed by atoms with Gasteiger partial charge in [-0.25, -0.2) is 0 Å². The summed E-state index contributed by atoms with van der Waals surface area (Å²) < 4.78 is 0. The van der Waals surface area contributed by atoms with Crippen molar-refractivity contribution in [2.45, 2.75) is 44.6 Å². The number of hydrogen-bond acceptors (Lipinski definition) is 1. The summed E-state index contributed by atoms with van der Waals surface area (Å²) in [6, 6.07) is 0. The summed E-state index contributed by atoms with van der Waals surface area (Å²) in [5.41, 5.74) is 0.678. The standard InChI is InChI=1S/C10H16O/c11-8-4-3-7-9(8)10(7)5-1-2-6-10/h7-9,11H,1-6H2/t7-,8-,9?/m1/s1. The lowest BCUT2D eigenvalue weighted by Gasteiger charge is -2.15. The van der Waals surface area contributed by atoms with Crippen LogP contribution in [0.4, 0.5) is 0 Å². The first kappa shape index (κ1) is 6.47. The Morgan fingerprint density at radius 3 is 2.36 bits per heavy atom. The summed E-state index contributed by atoms with van der Waals surface area (Å²) in [6.45, 7) is 0. The van der Waals surface area contributed by atoms with Crippen LogP contribution in [0.1, 0.15) is 38.5 Å². The molecule has 3 saturated carbocycles. The number of aliphatic hydroxyl groups is 1. The van der Waals surface area contributed by atoms with Crippen LogP contribution in [0.3, 0.4) is 0 Å². The van der Waals surface area contributed by atoms with Crippen LogP contribution in [0.5, 0.6) is 0 Å². The molecule has 11 heavy (non-hydrogen) atoms. The molecule has 1 spiro atoms. The maximum absolute atomic E-state index is 9.66. The fourth-order valence-corrected chi connectivity index (χ4v) is 4.00. The van der Waals surface area contributed by atoms with E-state index in [-0.39, 0.29) is 6.10 Å². The Balaban J connectivity index is 1.84. The summed E-state index contributed by atoms with van der Waals surface area (Å²) in [7, 11) is 0. The minimum atomic E-state index is 0.0816. The van der Waals surface area contributed by atoms with E-state index in [9.17, 15) is 5.11 Å². The van der Waals surface area contributed by atoms with E-state index < -0.39 is 0 Å². The van der Waals surface area contributed by atoms with Crippen LogP contribution in [-0.4, -0.2) is 11.2 Å². The van der Waals surface area contributed by atoms with Crippen LogP contribution in [0.15, 0.2) is 0 Å². The fourth-order valence-electron chi connectivity index (χ4n) is 4.00. The molecule has 62 valence electrons. The molecule has 3 rings (SSSR count). The smallest absolute Gasteiger partial charge is 0.0576 e. The van der Waals surface area contributed by atoms with Crippen molar-refractivity contribution in [2.24, 2.45) is 17.3 Å². The van der Waals surface area contributed by atoms with E-state index in [1.54, 1.807) is 0 Å². The molecular weight excluding hydrogens is 136 g/mol. The summed E-state index contributed by atoms with van der Waals surface area (Å²) in [5.74, 6) is 1.69. The zero-order valence-corrected chi connectivity index (χ0v) is 6.92. The average Bonchev–Trinajstić information content (AvgIpc) is 2.30. The Bertz CT molecular complexity index is 181. The van der Waals surface area contributed by atoms with Crippen molar-refractivity contribution in [1.29, 1.82) is 0 Å². The third kappa shape index (κ3) is 0.618. The summed E-state index contributed by atoms with van der Waals surface area (Å²) >= 11 is 0. The molecular formula is C10H16O. The van der Waals surface area contributed by atoms with E-state index in [4.69, 9.17) is 0 Å². The van der Waals surface area contributed by atoms with Crippen molar-refractivity contribution >= 4 is 0 Å². The molecule has 3 aliphatic carbocycles. The zero-order chi connectivity index (χ0) is 7.47. The number of fused-ring (bicyclic) bond motifs is 3. The molecule has 0 heterocycles. The molecule has 0 aromatic carbocycles. The van der Waals surface area contributed by atoms with E-state index in [2.05, 4.69) is 0 Å². The molecule has 1 unspecified atom stereocenters. The molecule has 0 bridgehead atoms. The van der Waals surface area contributed by atoms with Crippen LogP contribution < -0.4 is 0 Å². The van der Waals surface area contributed by atoms with Gasteiger partial charge in [0.15, 0.2) is 0 Å². The predicted octanol–water partition coefficient (Wildman–Crippen LogP) is 1.95. The van der Waals surface area contributed by atoms with Crippen molar-refractivity contribution in [1.82, 2.24) is 0 Å². The third-order valence-corrected chi connectivity index (χ3v) is 4.45. The van der Waals surface area contributed by atoms with Gasteiger partial charge in [0.2, 0.25) is 0 Å². The molecule has 0 aromatic rings. The molecule has 0 radical (unpaired) electrons. The largest absolute Gasteiger partial charge is 0.393 e. The molecule has 3 aliphatic rings. The molecule has 3 atom stereocenters. The Morgan fingerprint density at radius 1 is 1.09 bits per heavy atom. The van der Waals surface area contributed by atoms with E-state index in [0.717, 1.165) is 18.3 Å². The Kier molecular flexibility index (Phi) is 1.07. The van der Waals surface area contributed by atoms with E-state index in [1.807, 2.05) is 0 Å². The lowest BCUT2D eigenvalue weighted by molar-refractivity contribution is 0.131. The minimum Gasteiger partial charge on any atom is -0.393 e. The second kappa shape index (κ2) is 1.82. The summed E-state index contributed by atoms with van der Waals surface area (Å²) in [4.78, 5) is 0. The predicted molar refractivity (Wildman–Crippen MR) is 43.1 cm³/mol. The number of hydrogen-bond donors (Lipinski definition) is 1. The number of aliphatic hydroxyl groups excluding tert-OH is 1. The minimum absolute atomic E-state index is 0.0816. The topological polar surface area (TPSA) is 20.2 Å². The molecule has 1 nitrogen and oxygen atoms in total. The van der Waals surface area contributed by atoms with Gasteiger partial charge in [0.1, 0.15) is 0 Å². The van der Waals surface area contributed by atoms with Gasteiger partial charge in [0.25, 0.3) is 0 Å². The van der Waals surface area contributed by atoms with Crippen molar-refractivity contribution < 1.29 is 5.11 Å². The lowest BCUT2D eigenvalue weighted by atomic mass is 9.93. The highest BCUT2D eigenvalue weighted by molar-refractivity contribution is 5.17. The SMILES string of the molecule is O[C@@H]1CC[C@@H]2C1C21CCCC1. The van der Waals surface area contributed by atoms with Gasteiger partial charge in [0, 0.05) is 0 Å². The Hall–Kier alpha value is -0.0400. The van der Waals surface area contributed by atoms with E-state index >= 15 is 0 Å². The van der Waals surface area contributed by atoms with Gasteiger partial charge >= 0.3 is 0 Å². The molecule has 0 saturated heterocycles. The molecule has 0 aliphatic heterocycles. The second-order valence-corrected chi connectivity index (χ2v) is 4.72. The van der Waals surface area contributed by atoms with Crippen LogP contribution in [0.25, 0.3) is 0 Å². The average molecular weight is 152 g/mol. The van der Waals surface area contributed by atoms with Gasteiger partial charge < -0.3 is 5.11 Å². The van der Waals surface area contributed by atoms with Gasteiger partial charge in [-0.15, -0.1) is 0 Å². The normalized spacial score (nSPS) is 51.5. The Morgan fingerprint density at radius 2 is 1.82 bits per heavy atom. The first-order valence-corrected chi connectivity index (χ1v) is 5.03. The summed E-state index contributed by atoms with van der Waals surface area (Å²) in [5, 5.41) is 9.66. The highest BCUT2D eigenvalue weighted by Gasteiger charge is 2.69. The highest BCUT2D eigenvalue weighted by atomic mass is 16.3.